The molecule has 5 rings (SSSR count). The lowest BCUT2D eigenvalue weighted by Crippen LogP contribution is -2.70. The van der Waals surface area contributed by atoms with Crippen molar-refractivity contribution in [3.8, 4) is 0 Å². The molecule has 5 aliphatic rings. The standard InChI is InChI=1S/C22H34O7/c1-12(2)17(23)8-9-18(24)25-19-14(4)16-7-6-13(3)15-10-11-21(5)27-20(26-19)22(15,16)29-28-21/h12-16,19-20H,6-11H2,1-5H3/t13-,14-,15+,16+,19?,20-,21?,22-/m1/s1. The Morgan fingerprint density at radius 3 is 2.55 bits per heavy atom. The van der Waals surface area contributed by atoms with Gasteiger partial charge >= 0.3 is 5.97 Å². The molecular formula is C22H34O7. The molecule has 1 aliphatic carbocycles. The van der Waals surface area contributed by atoms with Gasteiger partial charge in [0.2, 0.25) is 12.1 Å². The smallest absolute Gasteiger partial charge is 0.308 e. The minimum atomic E-state index is -0.851. The number of hydrogen-bond donors (Lipinski definition) is 0. The second kappa shape index (κ2) is 7.59. The first-order valence-corrected chi connectivity index (χ1v) is 11.1. The zero-order chi connectivity index (χ0) is 21.0. The van der Waals surface area contributed by atoms with Crippen molar-refractivity contribution in [2.24, 2.45) is 29.6 Å². The van der Waals surface area contributed by atoms with E-state index in [0.29, 0.717) is 5.92 Å². The second-order valence-corrected chi connectivity index (χ2v) is 9.88. The molecule has 4 aliphatic heterocycles. The Morgan fingerprint density at radius 2 is 1.83 bits per heavy atom. The number of rotatable bonds is 5. The van der Waals surface area contributed by atoms with Crippen LogP contribution in [0.4, 0.5) is 0 Å². The van der Waals surface area contributed by atoms with Crippen LogP contribution in [0.15, 0.2) is 0 Å². The Labute approximate surface area is 172 Å². The van der Waals surface area contributed by atoms with Crippen molar-refractivity contribution in [3.05, 3.63) is 0 Å². The molecule has 4 heterocycles. The summed E-state index contributed by atoms with van der Waals surface area (Å²) >= 11 is 0. The van der Waals surface area contributed by atoms with Gasteiger partial charge in [0.15, 0.2) is 11.9 Å². The van der Waals surface area contributed by atoms with Gasteiger partial charge in [0, 0.05) is 30.6 Å². The Bertz CT molecular complexity index is 664. The molecule has 0 aromatic rings. The second-order valence-electron chi connectivity index (χ2n) is 9.88. The van der Waals surface area contributed by atoms with Gasteiger partial charge in [-0.05, 0) is 38.0 Å². The van der Waals surface area contributed by atoms with Crippen LogP contribution in [-0.4, -0.2) is 35.7 Å². The minimum absolute atomic E-state index is 0.0549. The van der Waals surface area contributed by atoms with Crippen molar-refractivity contribution < 1.29 is 33.6 Å². The molecule has 4 saturated heterocycles. The highest BCUT2D eigenvalue weighted by Crippen LogP contribution is 2.60. The third-order valence-electron chi connectivity index (χ3n) is 7.56. The predicted molar refractivity (Wildman–Crippen MR) is 102 cm³/mol. The fourth-order valence-electron chi connectivity index (χ4n) is 5.71. The minimum Gasteiger partial charge on any atom is -0.435 e. The summed E-state index contributed by atoms with van der Waals surface area (Å²) in [6, 6.07) is 0. The number of esters is 1. The van der Waals surface area contributed by atoms with Gasteiger partial charge < -0.3 is 14.2 Å². The van der Waals surface area contributed by atoms with Crippen molar-refractivity contribution in [2.75, 3.05) is 0 Å². The van der Waals surface area contributed by atoms with Crippen LogP contribution in [0.25, 0.3) is 0 Å². The van der Waals surface area contributed by atoms with E-state index in [4.69, 9.17) is 24.0 Å². The molecule has 0 amide bonds. The summed E-state index contributed by atoms with van der Waals surface area (Å²) < 4.78 is 18.2. The van der Waals surface area contributed by atoms with Crippen molar-refractivity contribution in [1.29, 1.82) is 0 Å². The zero-order valence-electron chi connectivity index (χ0n) is 18.1. The molecule has 0 N–H and O–H groups in total. The predicted octanol–water partition coefficient (Wildman–Crippen LogP) is 3.74. The summed E-state index contributed by atoms with van der Waals surface area (Å²) in [5.41, 5.74) is -0.663. The Balaban J connectivity index is 1.52. The molecule has 0 aromatic carbocycles. The van der Waals surface area contributed by atoms with Crippen LogP contribution >= 0.6 is 0 Å². The molecule has 164 valence electrons. The average molecular weight is 411 g/mol. The summed E-state index contributed by atoms with van der Waals surface area (Å²) in [6.45, 7) is 9.85. The summed E-state index contributed by atoms with van der Waals surface area (Å²) in [5, 5.41) is 0. The maximum atomic E-state index is 12.4. The van der Waals surface area contributed by atoms with Crippen molar-refractivity contribution in [2.45, 2.75) is 97.1 Å². The fourth-order valence-corrected chi connectivity index (χ4v) is 5.71. The molecule has 7 nitrogen and oxygen atoms in total. The van der Waals surface area contributed by atoms with E-state index in [1.54, 1.807) is 0 Å². The van der Waals surface area contributed by atoms with E-state index >= 15 is 0 Å². The lowest BCUT2D eigenvalue weighted by atomic mass is 9.58. The lowest BCUT2D eigenvalue weighted by molar-refractivity contribution is -0.576. The number of hydrogen-bond acceptors (Lipinski definition) is 7. The SMILES string of the molecule is CC(C)C(=O)CCC(=O)OC1O[C@@H]2OC3(C)CC[C@H]4[C@H](C)CC[C@@H]([C@H]1C)[C@@]24OO3. The monoisotopic (exact) mass is 410 g/mol. The van der Waals surface area contributed by atoms with Crippen LogP contribution < -0.4 is 0 Å². The normalized spacial score (nSPS) is 46.1. The number of fused-ring (bicyclic) bond motifs is 2. The molecule has 1 spiro atoms. The highest BCUT2D eigenvalue weighted by Gasteiger charge is 2.69. The highest BCUT2D eigenvalue weighted by atomic mass is 17.3. The quantitative estimate of drug-likeness (QED) is 0.504. The lowest BCUT2D eigenvalue weighted by Gasteiger charge is -2.59. The van der Waals surface area contributed by atoms with E-state index in [1.807, 2.05) is 27.7 Å². The molecule has 2 bridgehead atoms. The van der Waals surface area contributed by atoms with Crippen molar-refractivity contribution in [3.63, 3.8) is 0 Å². The summed E-state index contributed by atoms with van der Waals surface area (Å²) in [4.78, 5) is 36.1. The van der Waals surface area contributed by atoms with Crippen LogP contribution in [0.1, 0.15) is 73.1 Å². The van der Waals surface area contributed by atoms with Crippen LogP contribution in [0.5, 0.6) is 0 Å². The van der Waals surface area contributed by atoms with Crippen molar-refractivity contribution in [1.82, 2.24) is 0 Å². The van der Waals surface area contributed by atoms with E-state index in [0.717, 1.165) is 25.7 Å². The Morgan fingerprint density at radius 1 is 1.07 bits per heavy atom. The maximum absolute atomic E-state index is 12.4. The molecule has 1 saturated carbocycles. The largest absolute Gasteiger partial charge is 0.435 e. The van der Waals surface area contributed by atoms with Gasteiger partial charge in [-0.1, -0.05) is 27.7 Å². The Kier molecular flexibility index (Phi) is 5.55. The van der Waals surface area contributed by atoms with Crippen LogP contribution in [0, 0.1) is 29.6 Å². The van der Waals surface area contributed by atoms with E-state index < -0.39 is 29.9 Å². The van der Waals surface area contributed by atoms with E-state index in [-0.39, 0.29) is 42.3 Å². The number of ketones is 1. The highest BCUT2D eigenvalue weighted by molar-refractivity contribution is 5.84. The van der Waals surface area contributed by atoms with E-state index in [9.17, 15) is 9.59 Å². The Hall–Kier alpha value is -1.02. The van der Waals surface area contributed by atoms with E-state index in [1.165, 1.54) is 0 Å². The first kappa shape index (κ1) is 21.2. The van der Waals surface area contributed by atoms with E-state index in [2.05, 4.69) is 6.92 Å². The van der Waals surface area contributed by atoms with Crippen molar-refractivity contribution >= 4 is 11.8 Å². The van der Waals surface area contributed by atoms with Gasteiger partial charge in [0.05, 0.1) is 6.42 Å². The number of Topliss-reactive ketones (excluding diaryl/α,β-unsaturated/α-hetero) is 1. The third-order valence-corrected chi connectivity index (χ3v) is 7.56. The van der Waals surface area contributed by atoms with Gasteiger partial charge in [0.1, 0.15) is 5.78 Å². The first-order chi connectivity index (χ1) is 13.7. The molecule has 0 aromatic heterocycles. The summed E-state index contributed by atoms with van der Waals surface area (Å²) in [5.74, 6) is -0.463. The number of carbonyl (C=O) groups excluding carboxylic acids is 2. The van der Waals surface area contributed by atoms with Crippen LogP contribution in [-0.2, 0) is 33.6 Å². The van der Waals surface area contributed by atoms with Gasteiger partial charge in [0.25, 0.3) is 0 Å². The molecular weight excluding hydrogens is 376 g/mol. The molecule has 5 fully saturated rings. The maximum Gasteiger partial charge on any atom is 0.308 e. The third kappa shape index (κ3) is 3.54. The number of carbonyl (C=O) groups is 2. The molecule has 29 heavy (non-hydrogen) atoms. The summed E-state index contributed by atoms with van der Waals surface area (Å²) in [7, 11) is 0. The van der Waals surface area contributed by atoms with Gasteiger partial charge in [-0.25, -0.2) is 9.78 Å². The van der Waals surface area contributed by atoms with Gasteiger partial charge in [-0.3, -0.25) is 9.59 Å². The van der Waals surface area contributed by atoms with Gasteiger partial charge in [-0.15, -0.1) is 0 Å². The number of ether oxygens (including phenoxy) is 3. The van der Waals surface area contributed by atoms with Gasteiger partial charge in [-0.2, -0.15) is 0 Å². The fraction of sp³-hybridized carbons (Fsp3) is 0.909. The molecule has 0 radical (unpaired) electrons. The molecule has 8 atom stereocenters. The summed E-state index contributed by atoms with van der Waals surface area (Å²) in [6.07, 6.45) is 2.67. The molecule has 7 heteroatoms. The topological polar surface area (TPSA) is 80.3 Å². The first-order valence-electron chi connectivity index (χ1n) is 11.1. The average Bonchev–Trinajstić information content (AvgIpc) is 2.90. The molecule has 2 unspecified atom stereocenters. The van der Waals surface area contributed by atoms with Crippen LogP contribution in [0.3, 0.4) is 0 Å². The zero-order valence-corrected chi connectivity index (χ0v) is 18.1. The van der Waals surface area contributed by atoms with Crippen LogP contribution in [0.2, 0.25) is 0 Å².